The van der Waals surface area contributed by atoms with Gasteiger partial charge in [-0.15, -0.1) is 0 Å². The van der Waals surface area contributed by atoms with E-state index in [9.17, 15) is 4.79 Å². The summed E-state index contributed by atoms with van der Waals surface area (Å²) >= 11 is 0. The third-order valence-electron chi connectivity index (χ3n) is 3.24. The Labute approximate surface area is 117 Å². The van der Waals surface area contributed by atoms with Crippen LogP contribution in [0, 0.1) is 0 Å². The molecule has 0 saturated carbocycles. The van der Waals surface area contributed by atoms with Crippen LogP contribution in [0.3, 0.4) is 0 Å². The predicted octanol–water partition coefficient (Wildman–Crippen LogP) is 1.66. The summed E-state index contributed by atoms with van der Waals surface area (Å²) in [5.41, 5.74) is 5.41. The summed E-state index contributed by atoms with van der Waals surface area (Å²) < 4.78 is 5.50. The Hall–Kier alpha value is -0.810. The number of amides is 1. The van der Waals surface area contributed by atoms with Gasteiger partial charge in [-0.2, -0.15) is 0 Å². The Kier molecular flexibility index (Phi) is 5.62. The van der Waals surface area contributed by atoms with Gasteiger partial charge in [0.05, 0.1) is 0 Å². The molecule has 112 valence electrons. The molecule has 5 heteroatoms. The summed E-state index contributed by atoms with van der Waals surface area (Å²) in [4.78, 5) is 16.4. The first-order valence-corrected chi connectivity index (χ1v) is 7.13. The number of ether oxygens (including phenoxy) is 1. The molecule has 5 nitrogen and oxygen atoms in total. The lowest BCUT2D eigenvalue weighted by Gasteiger charge is -2.38. The Morgan fingerprint density at radius 2 is 1.95 bits per heavy atom. The van der Waals surface area contributed by atoms with Gasteiger partial charge in [-0.1, -0.05) is 0 Å². The van der Waals surface area contributed by atoms with Gasteiger partial charge in [0.25, 0.3) is 0 Å². The van der Waals surface area contributed by atoms with E-state index in [1.807, 2.05) is 32.6 Å². The topological polar surface area (TPSA) is 58.8 Å². The Balaban J connectivity index is 2.68. The monoisotopic (exact) mass is 271 g/mol. The van der Waals surface area contributed by atoms with Crippen LogP contribution in [0.15, 0.2) is 0 Å². The lowest BCUT2D eigenvalue weighted by Crippen LogP contribution is -2.51. The minimum absolute atomic E-state index is 0.0350. The van der Waals surface area contributed by atoms with Crippen molar-refractivity contribution in [2.24, 2.45) is 5.73 Å². The highest BCUT2D eigenvalue weighted by Crippen LogP contribution is 2.19. The molecule has 1 fully saturated rings. The van der Waals surface area contributed by atoms with Crippen LogP contribution in [0.25, 0.3) is 0 Å². The van der Waals surface area contributed by atoms with Crippen molar-refractivity contribution >= 4 is 6.09 Å². The number of hydrogen-bond acceptors (Lipinski definition) is 4. The van der Waals surface area contributed by atoms with Gasteiger partial charge >= 0.3 is 6.09 Å². The number of hydrogen-bond donors (Lipinski definition) is 1. The fourth-order valence-corrected chi connectivity index (χ4v) is 2.31. The maximum absolute atomic E-state index is 12.3. The number of likely N-dealkylation sites (tertiary alicyclic amines) is 1. The minimum atomic E-state index is -0.460. The smallest absolute Gasteiger partial charge is 0.410 e. The van der Waals surface area contributed by atoms with Gasteiger partial charge in [-0.05, 0) is 60.7 Å². The Bertz CT molecular complexity index is 292. The van der Waals surface area contributed by atoms with E-state index < -0.39 is 5.60 Å². The maximum atomic E-state index is 12.3. The maximum Gasteiger partial charge on any atom is 0.410 e. The van der Waals surface area contributed by atoms with Crippen molar-refractivity contribution in [2.45, 2.75) is 58.2 Å². The van der Waals surface area contributed by atoms with Gasteiger partial charge in [0.2, 0.25) is 0 Å². The molecule has 1 saturated heterocycles. The molecule has 0 aromatic heterocycles. The molecule has 1 atom stereocenters. The number of piperidine rings is 1. The fourth-order valence-electron chi connectivity index (χ4n) is 2.31. The molecule has 1 heterocycles. The molecule has 2 N–H and O–H groups in total. The first-order chi connectivity index (χ1) is 8.69. The second-order valence-corrected chi connectivity index (χ2v) is 6.64. The number of nitrogens with two attached hydrogens (primary N) is 1. The van der Waals surface area contributed by atoms with Crippen LogP contribution in [0.5, 0.6) is 0 Å². The summed E-state index contributed by atoms with van der Waals surface area (Å²) in [6, 6.07) is 0.212. The van der Waals surface area contributed by atoms with E-state index in [0.29, 0.717) is 6.54 Å². The first-order valence-electron chi connectivity index (χ1n) is 7.13. The van der Waals surface area contributed by atoms with E-state index in [-0.39, 0.29) is 18.2 Å². The van der Waals surface area contributed by atoms with Crippen LogP contribution >= 0.6 is 0 Å². The van der Waals surface area contributed by atoms with Crippen LogP contribution in [-0.2, 0) is 4.74 Å². The lowest BCUT2D eigenvalue weighted by atomic mass is 10.0. The molecule has 1 unspecified atom stereocenters. The summed E-state index contributed by atoms with van der Waals surface area (Å²) in [6.45, 7) is 10.2. The van der Waals surface area contributed by atoms with E-state index in [0.717, 1.165) is 25.9 Å². The first kappa shape index (κ1) is 16.2. The molecule has 0 spiro atoms. The average molecular weight is 271 g/mol. The number of nitrogens with zero attached hydrogens (tertiary/aromatic N) is 2. The zero-order valence-electron chi connectivity index (χ0n) is 13.0. The van der Waals surface area contributed by atoms with Crippen molar-refractivity contribution in [3.8, 4) is 0 Å². The van der Waals surface area contributed by atoms with Crippen LogP contribution in [-0.4, -0.2) is 60.3 Å². The third kappa shape index (κ3) is 5.78. The molecule has 0 aromatic rings. The minimum Gasteiger partial charge on any atom is -0.444 e. The zero-order valence-corrected chi connectivity index (χ0v) is 13.0. The molecule has 1 aliphatic rings. The molecular weight excluding hydrogens is 242 g/mol. The second kappa shape index (κ2) is 6.57. The normalized spacial score (nSPS) is 20.1. The van der Waals surface area contributed by atoms with Crippen molar-refractivity contribution < 1.29 is 9.53 Å². The largest absolute Gasteiger partial charge is 0.444 e. The van der Waals surface area contributed by atoms with Gasteiger partial charge in [0.1, 0.15) is 5.60 Å². The molecule has 0 bridgehead atoms. The molecule has 1 aliphatic heterocycles. The van der Waals surface area contributed by atoms with E-state index >= 15 is 0 Å². The van der Waals surface area contributed by atoms with Gasteiger partial charge in [0.15, 0.2) is 0 Å². The summed E-state index contributed by atoms with van der Waals surface area (Å²) in [7, 11) is 2.11. The predicted molar refractivity (Wildman–Crippen MR) is 77.1 cm³/mol. The standard InChI is InChI=1S/C14H29N3O2/c1-11(15)10-17(13(18)19-14(2,3)4)12-6-8-16(5)9-7-12/h11-12H,6-10,15H2,1-5H3. The van der Waals surface area contributed by atoms with Gasteiger partial charge < -0.3 is 20.3 Å². The highest BCUT2D eigenvalue weighted by Gasteiger charge is 2.30. The van der Waals surface area contributed by atoms with Crippen LogP contribution in [0.4, 0.5) is 4.79 Å². The number of carbonyl (C=O) groups excluding carboxylic acids is 1. The van der Waals surface area contributed by atoms with E-state index in [2.05, 4.69) is 11.9 Å². The van der Waals surface area contributed by atoms with Gasteiger partial charge in [-0.3, -0.25) is 0 Å². The quantitative estimate of drug-likeness (QED) is 0.848. The highest BCUT2D eigenvalue weighted by molar-refractivity contribution is 5.68. The van der Waals surface area contributed by atoms with Crippen molar-refractivity contribution in [2.75, 3.05) is 26.7 Å². The Morgan fingerprint density at radius 3 is 2.37 bits per heavy atom. The zero-order chi connectivity index (χ0) is 14.6. The molecule has 0 radical (unpaired) electrons. The second-order valence-electron chi connectivity index (χ2n) is 6.64. The molecule has 19 heavy (non-hydrogen) atoms. The van der Waals surface area contributed by atoms with Crippen molar-refractivity contribution in [3.63, 3.8) is 0 Å². The Morgan fingerprint density at radius 1 is 1.42 bits per heavy atom. The van der Waals surface area contributed by atoms with E-state index in [4.69, 9.17) is 10.5 Å². The van der Waals surface area contributed by atoms with Gasteiger partial charge in [0, 0.05) is 18.6 Å². The third-order valence-corrected chi connectivity index (χ3v) is 3.24. The lowest BCUT2D eigenvalue weighted by molar-refractivity contribution is 0.00812. The molecule has 0 aliphatic carbocycles. The van der Waals surface area contributed by atoms with E-state index in [1.54, 1.807) is 0 Å². The van der Waals surface area contributed by atoms with Crippen LogP contribution in [0.2, 0.25) is 0 Å². The molecular formula is C14H29N3O2. The highest BCUT2D eigenvalue weighted by atomic mass is 16.6. The molecule has 1 rings (SSSR count). The van der Waals surface area contributed by atoms with Crippen molar-refractivity contribution in [1.82, 2.24) is 9.80 Å². The summed E-state index contributed by atoms with van der Waals surface area (Å²) in [6.07, 6.45) is 1.74. The number of carbonyl (C=O) groups is 1. The van der Waals surface area contributed by atoms with Crippen LogP contribution < -0.4 is 5.73 Å². The number of rotatable bonds is 3. The van der Waals surface area contributed by atoms with Crippen molar-refractivity contribution in [3.05, 3.63) is 0 Å². The summed E-state index contributed by atoms with van der Waals surface area (Å²) in [5, 5.41) is 0. The van der Waals surface area contributed by atoms with Crippen LogP contribution in [0.1, 0.15) is 40.5 Å². The van der Waals surface area contributed by atoms with Crippen molar-refractivity contribution in [1.29, 1.82) is 0 Å². The van der Waals surface area contributed by atoms with E-state index in [1.165, 1.54) is 0 Å². The fraction of sp³-hybridized carbons (Fsp3) is 0.929. The van der Waals surface area contributed by atoms with Gasteiger partial charge in [-0.25, -0.2) is 4.79 Å². The SMILES string of the molecule is CC(N)CN(C(=O)OC(C)(C)C)C1CCN(C)CC1. The molecule has 0 aromatic carbocycles. The average Bonchev–Trinajstić information content (AvgIpc) is 2.24. The summed E-state index contributed by atoms with van der Waals surface area (Å²) in [5.74, 6) is 0. The molecule has 1 amide bonds.